The summed E-state index contributed by atoms with van der Waals surface area (Å²) in [4.78, 5) is 11.9. The van der Waals surface area contributed by atoms with Crippen molar-refractivity contribution in [2.45, 2.75) is 18.2 Å². The third kappa shape index (κ3) is 6.07. The standard InChI is InChI=1S/C17H17Cl2FN2O4S/c1-2-7-21-27(24,25)12-4-6-16(14(19)9-12)26-10-17(23)22-11-3-5-15(20)13(18)8-11/h3-6,8-9,21H,2,7,10H2,1H3,(H,22,23). The molecule has 146 valence electrons. The fourth-order valence-electron chi connectivity index (χ4n) is 2.00. The molecule has 0 saturated carbocycles. The van der Waals surface area contributed by atoms with E-state index >= 15 is 0 Å². The molecule has 27 heavy (non-hydrogen) atoms. The summed E-state index contributed by atoms with van der Waals surface area (Å²) in [7, 11) is -3.65. The molecule has 0 fully saturated rings. The van der Waals surface area contributed by atoms with E-state index in [1.165, 1.54) is 30.3 Å². The summed E-state index contributed by atoms with van der Waals surface area (Å²) in [5.41, 5.74) is 0.310. The third-order valence-electron chi connectivity index (χ3n) is 3.32. The van der Waals surface area contributed by atoms with Gasteiger partial charge in [0.1, 0.15) is 11.6 Å². The van der Waals surface area contributed by atoms with Crippen LogP contribution >= 0.6 is 23.2 Å². The average molecular weight is 435 g/mol. The van der Waals surface area contributed by atoms with Crippen LogP contribution in [0.25, 0.3) is 0 Å². The highest BCUT2D eigenvalue weighted by molar-refractivity contribution is 7.89. The van der Waals surface area contributed by atoms with Gasteiger partial charge in [0.2, 0.25) is 10.0 Å². The number of anilines is 1. The van der Waals surface area contributed by atoms with Gasteiger partial charge in [0.15, 0.2) is 6.61 Å². The lowest BCUT2D eigenvalue weighted by atomic mass is 10.3. The van der Waals surface area contributed by atoms with Crippen molar-refractivity contribution in [1.82, 2.24) is 4.72 Å². The van der Waals surface area contributed by atoms with Gasteiger partial charge in [-0.3, -0.25) is 4.79 Å². The fraction of sp³-hybridized carbons (Fsp3) is 0.235. The molecule has 6 nitrogen and oxygen atoms in total. The molecular formula is C17H17Cl2FN2O4S. The highest BCUT2D eigenvalue weighted by atomic mass is 35.5. The van der Waals surface area contributed by atoms with Crippen LogP contribution in [0.5, 0.6) is 5.75 Å². The third-order valence-corrected chi connectivity index (χ3v) is 5.36. The Labute approximate surface area is 166 Å². The number of benzene rings is 2. The molecule has 0 bridgehead atoms. The summed E-state index contributed by atoms with van der Waals surface area (Å²) in [6.07, 6.45) is 0.655. The fourth-order valence-corrected chi connectivity index (χ4v) is 3.64. The van der Waals surface area contributed by atoms with E-state index in [2.05, 4.69) is 10.0 Å². The highest BCUT2D eigenvalue weighted by Crippen LogP contribution is 2.27. The van der Waals surface area contributed by atoms with E-state index in [0.29, 0.717) is 18.7 Å². The van der Waals surface area contributed by atoms with Crippen LogP contribution in [0.2, 0.25) is 10.0 Å². The van der Waals surface area contributed by atoms with Gasteiger partial charge in [-0.1, -0.05) is 30.1 Å². The zero-order chi connectivity index (χ0) is 20.0. The Morgan fingerprint density at radius 3 is 2.52 bits per heavy atom. The van der Waals surface area contributed by atoms with Crippen molar-refractivity contribution in [2.24, 2.45) is 0 Å². The second-order valence-electron chi connectivity index (χ2n) is 5.46. The number of nitrogens with one attached hydrogen (secondary N) is 2. The molecule has 0 aromatic heterocycles. The van der Waals surface area contributed by atoms with Crippen molar-refractivity contribution in [3.05, 3.63) is 52.3 Å². The molecule has 1 amide bonds. The molecule has 0 aliphatic carbocycles. The number of hydrogen-bond acceptors (Lipinski definition) is 4. The Hall–Kier alpha value is -1.87. The molecule has 2 aromatic carbocycles. The van der Waals surface area contributed by atoms with E-state index < -0.39 is 21.7 Å². The van der Waals surface area contributed by atoms with E-state index in [1.807, 2.05) is 6.92 Å². The molecule has 2 N–H and O–H groups in total. The van der Waals surface area contributed by atoms with Gasteiger partial charge >= 0.3 is 0 Å². The summed E-state index contributed by atoms with van der Waals surface area (Å²) < 4.78 is 45.0. The number of amides is 1. The van der Waals surface area contributed by atoms with Gasteiger partial charge < -0.3 is 10.1 Å². The predicted octanol–water partition coefficient (Wildman–Crippen LogP) is 3.84. The maximum atomic E-state index is 13.1. The summed E-state index contributed by atoms with van der Waals surface area (Å²) in [6.45, 7) is 1.78. The monoisotopic (exact) mass is 434 g/mol. The lowest BCUT2D eigenvalue weighted by molar-refractivity contribution is -0.118. The number of ether oxygens (including phenoxy) is 1. The molecule has 0 atom stereocenters. The Bertz CT molecular complexity index is 939. The van der Waals surface area contributed by atoms with Crippen molar-refractivity contribution >= 4 is 44.8 Å². The first-order valence-corrected chi connectivity index (χ1v) is 10.1. The first-order chi connectivity index (χ1) is 12.7. The van der Waals surface area contributed by atoms with Crippen molar-refractivity contribution in [2.75, 3.05) is 18.5 Å². The van der Waals surface area contributed by atoms with Crippen LogP contribution in [0, 0.1) is 5.82 Å². The molecular weight excluding hydrogens is 418 g/mol. The van der Waals surface area contributed by atoms with Crippen LogP contribution in [0.4, 0.5) is 10.1 Å². The molecule has 0 heterocycles. The van der Waals surface area contributed by atoms with Crippen LogP contribution in [0.3, 0.4) is 0 Å². The first-order valence-electron chi connectivity index (χ1n) is 7.90. The molecule has 0 saturated heterocycles. The van der Waals surface area contributed by atoms with Gasteiger partial charge in [0.25, 0.3) is 5.91 Å². The summed E-state index contributed by atoms with van der Waals surface area (Å²) in [6, 6.07) is 7.69. The van der Waals surface area contributed by atoms with E-state index in [9.17, 15) is 17.6 Å². The minimum Gasteiger partial charge on any atom is -0.482 e. The smallest absolute Gasteiger partial charge is 0.262 e. The maximum absolute atomic E-state index is 13.1. The van der Waals surface area contributed by atoms with E-state index in [1.54, 1.807) is 0 Å². The van der Waals surface area contributed by atoms with Crippen molar-refractivity contribution < 1.29 is 22.3 Å². The lowest BCUT2D eigenvalue weighted by Gasteiger charge is -2.11. The Balaban J connectivity index is 1.99. The quantitative estimate of drug-likeness (QED) is 0.660. The van der Waals surface area contributed by atoms with Crippen LogP contribution in [0.1, 0.15) is 13.3 Å². The van der Waals surface area contributed by atoms with Crippen molar-refractivity contribution in [3.8, 4) is 5.75 Å². The van der Waals surface area contributed by atoms with Crippen LogP contribution < -0.4 is 14.8 Å². The average Bonchev–Trinajstić information content (AvgIpc) is 2.62. The summed E-state index contributed by atoms with van der Waals surface area (Å²) in [5.74, 6) is -0.963. The maximum Gasteiger partial charge on any atom is 0.262 e. The highest BCUT2D eigenvalue weighted by Gasteiger charge is 2.16. The lowest BCUT2D eigenvalue weighted by Crippen LogP contribution is -2.24. The van der Waals surface area contributed by atoms with Crippen LogP contribution in [-0.4, -0.2) is 27.5 Å². The molecule has 2 rings (SSSR count). The first kappa shape index (κ1) is 21.4. The second-order valence-corrected chi connectivity index (χ2v) is 8.04. The normalized spacial score (nSPS) is 11.3. The summed E-state index contributed by atoms with van der Waals surface area (Å²) >= 11 is 11.7. The minimum atomic E-state index is -3.65. The van der Waals surface area contributed by atoms with Crippen molar-refractivity contribution in [3.63, 3.8) is 0 Å². The Morgan fingerprint density at radius 2 is 1.89 bits per heavy atom. The topological polar surface area (TPSA) is 84.5 Å². The number of rotatable bonds is 8. The zero-order valence-corrected chi connectivity index (χ0v) is 16.6. The summed E-state index contributed by atoms with van der Waals surface area (Å²) in [5, 5.41) is 2.42. The van der Waals surface area contributed by atoms with Gasteiger partial charge in [0, 0.05) is 12.2 Å². The number of hydrogen-bond donors (Lipinski definition) is 2. The molecule has 0 unspecified atom stereocenters. The van der Waals surface area contributed by atoms with Crippen LogP contribution in [0.15, 0.2) is 41.3 Å². The van der Waals surface area contributed by atoms with E-state index in [0.717, 1.165) is 6.07 Å². The number of sulfonamides is 1. The molecule has 0 aliphatic heterocycles. The second kappa shape index (κ2) is 9.36. The number of carbonyl (C=O) groups excluding carboxylic acids is 1. The molecule has 10 heteroatoms. The van der Waals surface area contributed by atoms with Gasteiger partial charge in [-0.15, -0.1) is 0 Å². The number of carbonyl (C=O) groups is 1. The Kier molecular flexibility index (Phi) is 7.43. The molecule has 0 spiro atoms. The van der Waals surface area contributed by atoms with E-state index in [4.69, 9.17) is 27.9 Å². The van der Waals surface area contributed by atoms with Gasteiger partial charge in [-0.2, -0.15) is 0 Å². The van der Waals surface area contributed by atoms with Gasteiger partial charge in [-0.25, -0.2) is 17.5 Å². The van der Waals surface area contributed by atoms with Crippen molar-refractivity contribution in [1.29, 1.82) is 0 Å². The zero-order valence-electron chi connectivity index (χ0n) is 14.3. The van der Waals surface area contributed by atoms with Gasteiger partial charge in [0.05, 0.1) is 14.9 Å². The SMILES string of the molecule is CCCNS(=O)(=O)c1ccc(OCC(=O)Nc2ccc(F)c(Cl)c2)c(Cl)c1. The molecule has 0 radical (unpaired) electrons. The number of halogens is 3. The Morgan fingerprint density at radius 1 is 1.15 bits per heavy atom. The van der Waals surface area contributed by atoms with E-state index in [-0.39, 0.29) is 27.3 Å². The largest absolute Gasteiger partial charge is 0.482 e. The molecule has 0 aliphatic rings. The predicted molar refractivity (Wildman–Crippen MR) is 102 cm³/mol. The minimum absolute atomic E-state index is 0.00120. The van der Waals surface area contributed by atoms with Crippen LogP contribution in [-0.2, 0) is 14.8 Å². The molecule has 2 aromatic rings. The van der Waals surface area contributed by atoms with Gasteiger partial charge in [-0.05, 0) is 42.8 Å².